The predicted octanol–water partition coefficient (Wildman–Crippen LogP) is 4.28. The molecule has 3 nitrogen and oxygen atoms in total. The Bertz CT molecular complexity index is 887. The zero-order chi connectivity index (χ0) is 17.8. The summed E-state index contributed by atoms with van der Waals surface area (Å²) in [6, 6.07) is 19.6. The van der Waals surface area contributed by atoms with Crippen LogP contribution in [0.3, 0.4) is 0 Å². The first-order valence-electron chi connectivity index (χ1n) is 7.99. The molecule has 0 unspecified atom stereocenters. The lowest BCUT2D eigenvalue weighted by Gasteiger charge is -2.13. The van der Waals surface area contributed by atoms with Crippen molar-refractivity contribution in [3.05, 3.63) is 78.1 Å². The molecule has 0 bridgehead atoms. The van der Waals surface area contributed by atoms with E-state index in [1.165, 1.54) is 12.1 Å². The average molecular weight is 335 g/mol. The van der Waals surface area contributed by atoms with Gasteiger partial charge in [-0.25, -0.2) is 4.39 Å². The molecule has 0 atom stereocenters. The molecule has 4 heteroatoms. The van der Waals surface area contributed by atoms with Crippen LogP contribution in [-0.4, -0.2) is 11.0 Å². The van der Waals surface area contributed by atoms with E-state index >= 15 is 0 Å². The molecule has 25 heavy (non-hydrogen) atoms. The lowest BCUT2D eigenvalue weighted by Crippen LogP contribution is -2.11. The summed E-state index contributed by atoms with van der Waals surface area (Å²) in [5, 5.41) is 9.68. The molecule has 0 radical (unpaired) electrons. The van der Waals surface area contributed by atoms with Gasteiger partial charge in [0.25, 0.3) is 0 Å². The van der Waals surface area contributed by atoms with Gasteiger partial charge in [0, 0.05) is 12.5 Å². The SMILES string of the molecule is NC(=O)CCc1cc(-c2ccccc2)ccc1-c1cc(O)cc(F)c1. The second kappa shape index (κ2) is 7.18. The second-order valence-electron chi connectivity index (χ2n) is 5.90. The Morgan fingerprint density at radius 3 is 2.36 bits per heavy atom. The van der Waals surface area contributed by atoms with Crippen molar-refractivity contribution in [3.63, 3.8) is 0 Å². The van der Waals surface area contributed by atoms with E-state index in [9.17, 15) is 14.3 Å². The van der Waals surface area contributed by atoms with Gasteiger partial charge in [0.2, 0.25) is 5.91 Å². The third kappa shape index (κ3) is 4.04. The van der Waals surface area contributed by atoms with Crippen molar-refractivity contribution < 1.29 is 14.3 Å². The van der Waals surface area contributed by atoms with E-state index in [-0.39, 0.29) is 12.2 Å². The number of aryl methyl sites for hydroxylation is 1. The molecule has 0 aliphatic heterocycles. The Balaban J connectivity index is 2.09. The lowest BCUT2D eigenvalue weighted by molar-refractivity contribution is -0.117. The number of rotatable bonds is 5. The number of benzene rings is 3. The minimum absolute atomic E-state index is 0.136. The molecule has 3 aromatic carbocycles. The van der Waals surface area contributed by atoms with Crippen LogP contribution in [0.1, 0.15) is 12.0 Å². The van der Waals surface area contributed by atoms with Crippen molar-refractivity contribution in [2.45, 2.75) is 12.8 Å². The van der Waals surface area contributed by atoms with Crippen LogP contribution >= 0.6 is 0 Å². The summed E-state index contributed by atoms with van der Waals surface area (Å²) in [7, 11) is 0. The van der Waals surface area contributed by atoms with E-state index in [1.807, 2.05) is 48.5 Å². The van der Waals surface area contributed by atoms with Crippen LogP contribution in [-0.2, 0) is 11.2 Å². The van der Waals surface area contributed by atoms with Gasteiger partial charge in [0.05, 0.1) is 0 Å². The third-order valence-electron chi connectivity index (χ3n) is 4.05. The number of phenols is 1. The van der Waals surface area contributed by atoms with Crippen molar-refractivity contribution in [2.75, 3.05) is 0 Å². The van der Waals surface area contributed by atoms with Gasteiger partial charge >= 0.3 is 0 Å². The van der Waals surface area contributed by atoms with E-state index in [0.717, 1.165) is 28.3 Å². The highest BCUT2D eigenvalue weighted by molar-refractivity contribution is 5.77. The zero-order valence-electron chi connectivity index (χ0n) is 13.6. The van der Waals surface area contributed by atoms with Crippen LogP contribution < -0.4 is 5.73 Å². The number of phenolic OH excluding ortho intramolecular Hbond substituents is 1. The van der Waals surface area contributed by atoms with Gasteiger partial charge in [-0.1, -0.05) is 48.5 Å². The molecule has 0 aliphatic rings. The molecule has 3 aromatic rings. The van der Waals surface area contributed by atoms with E-state index in [0.29, 0.717) is 12.0 Å². The molecule has 0 saturated heterocycles. The summed E-state index contributed by atoms with van der Waals surface area (Å²) in [5.74, 6) is -1.04. The van der Waals surface area contributed by atoms with Gasteiger partial charge in [-0.05, 0) is 46.4 Å². The summed E-state index contributed by atoms with van der Waals surface area (Å²) in [6.07, 6.45) is 0.648. The number of carbonyl (C=O) groups is 1. The molecule has 3 N–H and O–H groups in total. The van der Waals surface area contributed by atoms with Crippen molar-refractivity contribution in [1.29, 1.82) is 0 Å². The Morgan fingerprint density at radius 2 is 1.68 bits per heavy atom. The third-order valence-corrected chi connectivity index (χ3v) is 4.05. The minimum Gasteiger partial charge on any atom is -0.508 e. The summed E-state index contributed by atoms with van der Waals surface area (Å²) >= 11 is 0. The Morgan fingerprint density at radius 1 is 0.920 bits per heavy atom. The van der Waals surface area contributed by atoms with Crippen LogP contribution in [0.2, 0.25) is 0 Å². The van der Waals surface area contributed by atoms with Gasteiger partial charge in [-0.2, -0.15) is 0 Å². The van der Waals surface area contributed by atoms with Crippen molar-refractivity contribution in [3.8, 4) is 28.0 Å². The molecule has 0 fully saturated rings. The van der Waals surface area contributed by atoms with Crippen LogP contribution in [0, 0.1) is 5.82 Å². The smallest absolute Gasteiger partial charge is 0.217 e. The van der Waals surface area contributed by atoms with Gasteiger partial charge in [-0.3, -0.25) is 4.79 Å². The van der Waals surface area contributed by atoms with E-state index in [1.54, 1.807) is 0 Å². The van der Waals surface area contributed by atoms with Crippen LogP contribution in [0.15, 0.2) is 66.7 Å². The molecule has 0 spiro atoms. The van der Waals surface area contributed by atoms with Crippen LogP contribution in [0.25, 0.3) is 22.3 Å². The predicted molar refractivity (Wildman–Crippen MR) is 96.5 cm³/mol. The van der Waals surface area contributed by atoms with E-state index in [2.05, 4.69) is 0 Å². The van der Waals surface area contributed by atoms with E-state index < -0.39 is 11.7 Å². The highest BCUT2D eigenvalue weighted by Gasteiger charge is 2.11. The molecule has 1 amide bonds. The summed E-state index contributed by atoms with van der Waals surface area (Å²) in [4.78, 5) is 11.2. The number of aromatic hydroxyl groups is 1. The second-order valence-corrected chi connectivity index (χ2v) is 5.90. The van der Waals surface area contributed by atoms with E-state index in [4.69, 9.17) is 5.73 Å². The molecule has 0 saturated carbocycles. The van der Waals surface area contributed by atoms with Crippen LogP contribution in [0.4, 0.5) is 4.39 Å². The topological polar surface area (TPSA) is 63.3 Å². The average Bonchev–Trinajstić information content (AvgIpc) is 2.59. The minimum atomic E-state index is -0.511. The molecule has 3 rings (SSSR count). The fourth-order valence-corrected chi connectivity index (χ4v) is 2.88. The Kier molecular flexibility index (Phi) is 4.80. The molecule has 126 valence electrons. The first kappa shape index (κ1) is 16.7. The number of nitrogens with two attached hydrogens (primary N) is 1. The van der Waals surface area contributed by atoms with Gasteiger partial charge in [0.15, 0.2) is 0 Å². The van der Waals surface area contributed by atoms with Crippen molar-refractivity contribution in [2.24, 2.45) is 5.73 Å². The van der Waals surface area contributed by atoms with Gasteiger partial charge in [0.1, 0.15) is 11.6 Å². The largest absolute Gasteiger partial charge is 0.508 e. The fraction of sp³-hybridized carbons (Fsp3) is 0.0952. The number of amides is 1. The fourth-order valence-electron chi connectivity index (χ4n) is 2.88. The highest BCUT2D eigenvalue weighted by atomic mass is 19.1. The highest BCUT2D eigenvalue weighted by Crippen LogP contribution is 2.32. The number of halogens is 1. The number of carbonyl (C=O) groups excluding carboxylic acids is 1. The Labute approximate surface area is 145 Å². The van der Waals surface area contributed by atoms with Gasteiger partial charge in [-0.15, -0.1) is 0 Å². The first-order chi connectivity index (χ1) is 12.0. The number of hydrogen-bond donors (Lipinski definition) is 2. The molecular weight excluding hydrogens is 317 g/mol. The standard InChI is InChI=1S/C21H18FNO2/c22-18-11-17(12-19(24)13-18)20-8-6-15(14-4-2-1-3-5-14)10-16(20)7-9-21(23)25/h1-6,8,10-13,24H,7,9H2,(H2,23,25). The maximum atomic E-state index is 13.7. The van der Waals surface area contributed by atoms with Crippen LogP contribution in [0.5, 0.6) is 5.75 Å². The quantitative estimate of drug-likeness (QED) is 0.731. The molecule has 0 heterocycles. The summed E-state index contributed by atoms with van der Waals surface area (Å²) in [6.45, 7) is 0. The summed E-state index contributed by atoms with van der Waals surface area (Å²) < 4.78 is 13.7. The normalized spacial score (nSPS) is 10.6. The Hall–Kier alpha value is -3.14. The first-order valence-corrected chi connectivity index (χ1v) is 7.99. The molecule has 0 aliphatic carbocycles. The maximum Gasteiger partial charge on any atom is 0.217 e. The van der Waals surface area contributed by atoms with Gasteiger partial charge < -0.3 is 10.8 Å². The number of primary amides is 1. The van der Waals surface area contributed by atoms with Crippen molar-refractivity contribution in [1.82, 2.24) is 0 Å². The summed E-state index contributed by atoms with van der Waals surface area (Å²) in [5.41, 5.74) is 9.56. The molecule has 0 aromatic heterocycles. The maximum absolute atomic E-state index is 13.7. The zero-order valence-corrected chi connectivity index (χ0v) is 13.6. The molecular formula is C21H18FNO2. The monoisotopic (exact) mass is 335 g/mol. The number of hydrogen-bond acceptors (Lipinski definition) is 2. The van der Waals surface area contributed by atoms with Crippen molar-refractivity contribution >= 4 is 5.91 Å². The lowest BCUT2D eigenvalue weighted by atomic mass is 9.92.